The van der Waals surface area contributed by atoms with Gasteiger partial charge in [-0.1, -0.05) is 55.0 Å². The molecule has 0 heterocycles. The van der Waals surface area contributed by atoms with Gasteiger partial charge in [0.15, 0.2) is 8.32 Å². The van der Waals surface area contributed by atoms with E-state index in [9.17, 15) is 0 Å². The predicted octanol–water partition coefficient (Wildman–Crippen LogP) is 5.68. The first-order valence-corrected chi connectivity index (χ1v) is 10.3. The summed E-state index contributed by atoms with van der Waals surface area (Å²) in [5.74, 6) is 0. The van der Waals surface area contributed by atoms with Gasteiger partial charge in [0.25, 0.3) is 0 Å². The van der Waals surface area contributed by atoms with Crippen molar-refractivity contribution in [2.75, 3.05) is 0 Å². The van der Waals surface area contributed by atoms with Crippen molar-refractivity contribution in [1.82, 2.24) is 0 Å². The van der Waals surface area contributed by atoms with Crippen molar-refractivity contribution in [2.24, 2.45) is 0 Å². The molecular formula is C14H27IOSi. The summed E-state index contributed by atoms with van der Waals surface area (Å²) >= 11 is 2.30. The van der Waals surface area contributed by atoms with E-state index in [1.807, 2.05) is 6.08 Å². The molecule has 1 atom stereocenters. The van der Waals surface area contributed by atoms with Gasteiger partial charge >= 0.3 is 0 Å². The Morgan fingerprint density at radius 1 is 1.41 bits per heavy atom. The van der Waals surface area contributed by atoms with Gasteiger partial charge in [0.05, 0.1) is 6.10 Å². The monoisotopic (exact) mass is 366 g/mol. The molecule has 100 valence electrons. The van der Waals surface area contributed by atoms with Gasteiger partial charge in [-0.2, -0.15) is 0 Å². The van der Waals surface area contributed by atoms with Gasteiger partial charge in [-0.3, -0.25) is 0 Å². The summed E-state index contributed by atoms with van der Waals surface area (Å²) in [4.78, 5) is 0. The van der Waals surface area contributed by atoms with E-state index in [-0.39, 0.29) is 5.04 Å². The van der Waals surface area contributed by atoms with Gasteiger partial charge in [-0.25, -0.2) is 0 Å². The Bertz CT molecular complexity index is 276. The summed E-state index contributed by atoms with van der Waals surface area (Å²) in [6.45, 7) is 17.5. The minimum absolute atomic E-state index is 0.272. The third-order valence-corrected chi connectivity index (χ3v) is 9.03. The molecule has 0 aromatic carbocycles. The summed E-state index contributed by atoms with van der Waals surface area (Å²) in [7, 11) is -1.66. The SMILES string of the molecule is C=CC[C@@H](C/C(C)=C/I)O[Si](C)(C)C(C)(C)C. The van der Waals surface area contributed by atoms with Crippen molar-refractivity contribution in [3.05, 3.63) is 22.3 Å². The Labute approximate surface area is 122 Å². The van der Waals surface area contributed by atoms with Crippen LogP contribution in [0.4, 0.5) is 0 Å². The van der Waals surface area contributed by atoms with E-state index >= 15 is 0 Å². The highest BCUT2D eigenvalue weighted by molar-refractivity contribution is 14.1. The van der Waals surface area contributed by atoms with Crippen molar-refractivity contribution in [3.63, 3.8) is 0 Å². The third-order valence-electron chi connectivity index (χ3n) is 3.43. The molecule has 0 aromatic heterocycles. The molecule has 0 radical (unpaired) electrons. The molecule has 0 aliphatic carbocycles. The Morgan fingerprint density at radius 3 is 2.29 bits per heavy atom. The maximum Gasteiger partial charge on any atom is 0.192 e. The second-order valence-corrected chi connectivity index (χ2v) is 11.6. The van der Waals surface area contributed by atoms with Crippen LogP contribution in [0, 0.1) is 0 Å². The van der Waals surface area contributed by atoms with E-state index in [0.29, 0.717) is 6.10 Å². The molecule has 0 unspecified atom stereocenters. The van der Waals surface area contributed by atoms with Crippen molar-refractivity contribution in [1.29, 1.82) is 0 Å². The second kappa shape index (κ2) is 7.09. The van der Waals surface area contributed by atoms with Crippen LogP contribution in [0.5, 0.6) is 0 Å². The highest BCUT2D eigenvalue weighted by Crippen LogP contribution is 2.38. The summed E-state index contributed by atoms with van der Waals surface area (Å²) in [6, 6.07) is 0. The molecule has 0 saturated heterocycles. The van der Waals surface area contributed by atoms with Crippen LogP contribution < -0.4 is 0 Å². The number of halogens is 1. The van der Waals surface area contributed by atoms with Crippen molar-refractivity contribution < 1.29 is 4.43 Å². The maximum atomic E-state index is 6.44. The first-order chi connectivity index (χ1) is 7.64. The van der Waals surface area contributed by atoms with E-state index in [2.05, 4.69) is 74.0 Å². The van der Waals surface area contributed by atoms with Gasteiger partial charge in [-0.15, -0.1) is 6.58 Å². The van der Waals surface area contributed by atoms with Crippen LogP contribution in [0.15, 0.2) is 22.3 Å². The molecule has 17 heavy (non-hydrogen) atoms. The van der Waals surface area contributed by atoms with E-state index < -0.39 is 8.32 Å². The number of rotatable bonds is 6. The molecule has 0 N–H and O–H groups in total. The Balaban J connectivity index is 4.70. The maximum absolute atomic E-state index is 6.44. The molecule has 0 aromatic rings. The minimum Gasteiger partial charge on any atom is -0.413 e. The smallest absolute Gasteiger partial charge is 0.192 e. The number of hydrogen-bond acceptors (Lipinski definition) is 1. The minimum atomic E-state index is -1.66. The van der Waals surface area contributed by atoms with Crippen LogP contribution in [0.3, 0.4) is 0 Å². The molecule has 0 aliphatic heterocycles. The first-order valence-electron chi connectivity index (χ1n) is 6.18. The average molecular weight is 366 g/mol. The van der Waals surface area contributed by atoms with E-state index in [1.165, 1.54) is 5.57 Å². The standard InChI is InChI=1S/C14H27IOSi/c1-8-9-13(10-12(2)11-15)16-17(6,7)14(3,4)5/h8,11,13H,1,9-10H2,2-7H3/b12-11+/t13-/m0/s1. The van der Waals surface area contributed by atoms with Crippen LogP contribution in [0.25, 0.3) is 0 Å². The lowest BCUT2D eigenvalue weighted by atomic mass is 10.1. The van der Waals surface area contributed by atoms with Crippen LogP contribution >= 0.6 is 22.6 Å². The Morgan fingerprint density at radius 2 is 1.94 bits per heavy atom. The summed E-state index contributed by atoms with van der Waals surface area (Å²) in [5, 5.41) is 0.272. The highest BCUT2D eigenvalue weighted by Gasteiger charge is 2.38. The fraction of sp³-hybridized carbons (Fsp3) is 0.714. The molecule has 1 nitrogen and oxygen atoms in total. The topological polar surface area (TPSA) is 9.23 Å². The van der Waals surface area contributed by atoms with Crippen molar-refractivity contribution >= 4 is 30.9 Å². The molecule has 0 amide bonds. The van der Waals surface area contributed by atoms with Crippen LogP contribution in [0.2, 0.25) is 18.1 Å². The zero-order valence-corrected chi connectivity index (χ0v) is 15.3. The molecular weight excluding hydrogens is 339 g/mol. The summed E-state index contributed by atoms with van der Waals surface area (Å²) in [5.41, 5.74) is 1.39. The number of hydrogen-bond donors (Lipinski definition) is 0. The van der Waals surface area contributed by atoms with Gasteiger partial charge in [-0.05, 0) is 42.0 Å². The van der Waals surface area contributed by atoms with Crippen molar-refractivity contribution in [2.45, 2.75) is 64.8 Å². The van der Waals surface area contributed by atoms with E-state index in [0.717, 1.165) is 12.8 Å². The molecule has 3 heteroatoms. The molecule has 0 fully saturated rings. The lowest BCUT2D eigenvalue weighted by Crippen LogP contribution is -2.43. The van der Waals surface area contributed by atoms with Gasteiger partial charge < -0.3 is 4.43 Å². The fourth-order valence-electron chi connectivity index (χ4n) is 1.36. The molecule has 0 spiro atoms. The summed E-state index contributed by atoms with van der Waals surface area (Å²) in [6.07, 6.45) is 4.22. The molecule has 0 bridgehead atoms. The lowest BCUT2D eigenvalue weighted by Gasteiger charge is -2.39. The van der Waals surface area contributed by atoms with Crippen LogP contribution in [-0.2, 0) is 4.43 Å². The van der Waals surface area contributed by atoms with E-state index in [4.69, 9.17) is 4.43 Å². The van der Waals surface area contributed by atoms with Crippen LogP contribution in [-0.4, -0.2) is 14.4 Å². The zero-order valence-electron chi connectivity index (χ0n) is 12.1. The highest BCUT2D eigenvalue weighted by atomic mass is 127. The van der Waals surface area contributed by atoms with Crippen LogP contribution in [0.1, 0.15) is 40.5 Å². The normalized spacial score (nSPS) is 15.8. The first kappa shape index (κ1) is 17.4. The predicted molar refractivity (Wildman–Crippen MR) is 89.3 cm³/mol. The Hall–Kier alpha value is 0.387. The summed E-state index contributed by atoms with van der Waals surface area (Å²) < 4.78 is 8.58. The largest absolute Gasteiger partial charge is 0.413 e. The van der Waals surface area contributed by atoms with E-state index in [1.54, 1.807) is 0 Å². The molecule has 0 rings (SSSR count). The third kappa shape index (κ3) is 6.20. The Kier molecular flexibility index (Phi) is 7.25. The molecule has 0 aliphatic rings. The molecule has 0 saturated carbocycles. The van der Waals surface area contributed by atoms with Gasteiger partial charge in [0.2, 0.25) is 0 Å². The lowest BCUT2D eigenvalue weighted by molar-refractivity contribution is 0.183. The second-order valence-electron chi connectivity index (χ2n) is 6.18. The van der Waals surface area contributed by atoms with Crippen molar-refractivity contribution in [3.8, 4) is 0 Å². The zero-order chi connectivity index (χ0) is 13.7. The fourth-order valence-corrected chi connectivity index (χ4v) is 2.98. The quantitative estimate of drug-likeness (QED) is 0.334. The van der Waals surface area contributed by atoms with Gasteiger partial charge in [0, 0.05) is 0 Å². The van der Waals surface area contributed by atoms with Gasteiger partial charge in [0.1, 0.15) is 0 Å². The average Bonchev–Trinajstić information content (AvgIpc) is 2.15.